The Morgan fingerprint density at radius 1 is 1.10 bits per heavy atom. The van der Waals surface area contributed by atoms with Gasteiger partial charge in [0, 0.05) is 13.3 Å². The largest absolute Gasteiger partial charge is 0.431 e. The molecule has 0 spiro atoms. The second-order valence-electron chi connectivity index (χ2n) is 5.13. The Kier molecular flexibility index (Phi) is 8.44. The zero-order valence-corrected chi connectivity index (χ0v) is 12.7. The number of benzene rings is 1. The van der Waals surface area contributed by atoms with Gasteiger partial charge in [-0.15, -0.1) is 0 Å². The summed E-state index contributed by atoms with van der Waals surface area (Å²) in [6, 6.07) is 10.1. The van der Waals surface area contributed by atoms with Crippen LogP contribution in [0.1, 0.15) is 57.9 Å². The normalized spacial score (nSPS) is 11.4. The minimum atomic E-state index is -0.238. The number of esters is 1. The molecule has 2 heteroatoms. The average Bonchev–Trinajstić information content (AvgIpc) is 2.43. The van der Waals surface area contributed by atoms with E-state index in [9.17, 15) is 4.79 Å². The molecule has 0 heterocycles. The van der Waals surface area contributed by atoms with Crippen molar-refractivity contribution in [1.29, 1.82) is 0 Å². The molecule has 110 valence electrons. The Balaban J connectivity index is 2.44. The first kappa shape index (κ1) is 16.5. The Bertz CT molecular complexity index is 407. The van der Waals surface area contributed by atoms with Gasteiger partial charge in [-0.1, -0.05) is 62.9 Å². The van der Waals surface area contributed by atoms with Crippen molar-refractivity contribution in [3.63, 3.8) is 0 Å². The van der Waals surface area contributed by atoms with Gasteiger partial charge in [-0.2, -0.15) is 0 Å². The number of unbranched alkanes of at least 4 members (excludes halogenated alkanes) is 5. The van der Waals surface area contributed by atoms with E-state index < -0.39 is 0 Å². The molecule has 0 bridgehead atoms. The molecule has 0 fully saturated rings. The summed E-state index contributed by atoms with van der Waals surface area (Å²) >= 11 is 0. The Morgan fingerprint density at radius 2 is 1.80 bits per heavy atom. The van der Waals surface area contributed by atoms with Crippen molar-refractivity contribution in [3.8, 4) is 0 Å². The highest BCUT2D eigenvalue weighted by Crippen LogP contribution is 2.13. The molecule has 0 saturated heterocycles. The van der Waals surface area contributed by atoms with Crippen molar-refractivity contribution in [2.45, 2.75) is 58.8 Å². The number of carbonyl (C=O) groups excluding carboxylic acids is 1. The molecule has 0 N–H and O–H groups in total. The van der Waals surface area contributed by atoms with E-state index in [1.165, 1.54) is 44.6 Å². The van der Waals surface area contributed by atoms with E-state index in [-0.39, 0.29) is 5.97 Å². The molecule has 0 unspecified atom stereocenters. The van der Waals surface area contributed by atoms with Crippen molar-refractivity contribution in [2.75, 3.05) is 0 Å². The molecule has 0 aromatic heterocycles. The number of hydrogen-bond acceptors (Lipinski definition) is 2. The van der Waals surface area contributed by atoms with Gasteiger partial charge in [0.15, 0.2) is 0 Å². The van der Waals surface area contributed by atoms with Gasteiger partial charge < -0.3 is 4.74 Å². The van der Waals surface area contributed by atoms with E-state index in [1.54, 1.807) is 0 Å². The molecule has 1 rings (SSSR count). The Labute approximate surface area is 122 Å². The second-order valence-corrected chi connectivity index (χ2v) is 5.13. The van der Waals surface area contributed by atoms with Gasteiger partial charge in [-0.25, -0.2) is 0 Å². The third-order valence-corrected chi connectivity index (χ3v) is 3.18. The molecular weight excluding hydrogens is 248 g/mol. The summed E-state index contributed by atoms with van der Waals surface area (Å²) < 4.78 is 5.30. The number of rotatable bonds is 9. The van der Waals surface area contributed by atoms with E-state index in [0.29, 0.717) is 6.42 Å². The quantitative estimate of drug-likeness (QED) is 0.358. The Hall–Kier alpha value is -1.57. The molecule has 0 radical (unpaired) electrons. The first-order chi connectivity index (χ1) is 9.72. The van der Waals surface area contributed by atoms with Gasteiger partial charge in [0.25, 0.3) is 0 Å². The summed E-state index contributed by atoms with van der Waals surface area (Å²) in [5, 5.41) is 0. The van der Waals surface area contributed by atoms with Gasteiger partial charge in [0.1, 0.15) is 5.76 Å². The van der Waals surface area contributed by atoms with Crippen LogP contribution < -0.4 is 0 Å². The fraction of sp³-hybridized carbons (Fsp3) is 0.500. The third-order valence-electron chi connectivity index (χ3n) is 3.18. The topological polar surface area (TPSA) is 26.3 Å². The molecule has 2 nitrogen and oxygen atoms in total. The van der Waals surface area contributed by atoms with Gasteiger partial charge in [0.2, 0.25) is 0 Å². The van der Waals surface area contributed by atoms with E-state index >= 15 is 0 Å². The fourth-order valence-electron chi connectivity index (χ4n) is 2.14. The lowest BCUT2D eigenvalue weighted by Gasteiger charge is -2.07. The molecular formula is C18H26O2. The van der Waals surface area contributed by atoms with E-state index in [0.717, 1.165) is 12.2 Å². The van der Waals surface area contributed by atoms with Gasteiger partial charge >= 0.3 is 5.97 Å². The number of allylic oxidation sites excluding steroid dienone is 2. The van der Waals surface area contributed by atoms with Crippen LogP contribution >= 0.6 is 0 Å². The summed E-state index contributed by atoms with van der Waals surface area (Å²) in [6.07, 6.45) is 10.0. The first-order valence-electron chi connectivity index (χ1n) is 7.63. The van der Waals surface area contributed by atoms with Crippen molar-refractivity contribution >= 4 is 5.97 Å². The van der Waals surface area contributed by atoms with Gasteiger partial charge in [-0.05, 0) is 24.5 Å². The maximum atomic E-state index is 11.2. The molecule has 1 aromatic carbocycles. The molecule has 0 aliphatic heterocycles. The van der Waals surface area contributed by atoms with Crippen molar-refractivity contribution in [2.24, 2.45) is 0 Å². The highest BCUT2D eigenvalue weighted by molar-refractivity contribution is 5.67. The zero-order chi connectivity index (χ0) is 14.6. The lowest BCUT2D eigenvalue weighted by Crippen LogP contribution is -2.02. The predicted octanol–water partition coefficient (Wildman–Crippen LogP) is 5.04. The lowest BCUT2D eigenvalue weighted by atomic mass is 10.1. The summed E-state index contributed by atoms with van der Waals surface area (Å²) in [5.41, 5.74) is 1.17. The standard InChI is InChI=1S/C18H26O2/c1-3-4-5-6-7-11-14-18(20-16(2)19)15-17-12-9-8-10-13-17/h8-10,12-14H,3-7,11,15H2,1-2H3/b18-14+. The first-order valence-corrected chi connectivity index (χ1v) is 7.63. The van der Waals surface area contributed by atoms with E-state index in [2.05, 4.69) is 25.1 Å². The number of carbonyl (C=O) groups is 1. The maximum Gasteiger partial charge on any atom is 0.307 e. The van der Waals surface area contributed by atoms with Crippen molar-refractivity contribution in [3.05, 3.63) is 47.7 Å². The molecule has 0 aliphatic carbocycles. The van der Waals surface area contributed by atoms with Crippen LogP contribution in [0.15, 0.2) is 42.2 Å². The van der Waals surface area contributed by atoms with Crippen LogP contribution in [-0.4, -0.2) is 5.97 Å². The van der Waals surface area contributed by atoms with Crippen LogP contribution in [-0.2, 0) is 16.0 Å². The summed E-state index contributed by atoms with van der Waals surface area (Å²) in [5.74, 6) is 0.539. The summed E-state index contributed by atoms with van der Waals surface area (Å²) in [7, 11) is 0. The van der Waals surface area contributed by atoms with Crippen LogP contribution in [0.25, 0.3) is 0 Å². The smallest absolute Gasteiger partial charge is 0.307 e. The average molecular weight is 274 g/mol. The molecule has 20 heavy (non-hydrogen) atoms. The summed E-state index contributed by atoms with van der Waals surface area (Å²) in [6.45, 7) is 3.68. The van der Waals surface area contributed by atoms with E-state index in [4.69, 9.17) is 4.74 Å². The Morgan fingerprint density at radius 3 is 2.45 bits per heavy atom. The zero-order valence-electron chi connectivity index (χ0n) is 12.7. The van der Waals surface area contributed by atoms with Crippen molar-refractivity contribution < 1.29 is 9.53 Å². The molecule has 0 saturated carbocycles. The van der Waals surface area contributed by atoms with Crippen LogP contribution in [0.3, 0.4) is 0 Å². The van der Waals surface area contributed by atoms with Gasteiger partial charge in [0.05, 0.1) is 0 Å². The molecule has 0 aliphatic rings. The van der Waals surface area contributed by atoms with Crippen LogP contribution in [0, 0.1) is 0 Å². The maximum absolute atomic E-state index is 11.2. The number of hydrogen-bond donors (Lipinski definition) is 0. The minimum Gasteiger partial charge on any atom is -0.431 e. The van der Waals surface area contributed by atoms with E-state index in [1.807, 2.05) is 18.2 Å². The number of ether oxygens (including phenoxy) is 1. The third kappa shape index (κ3) is 7.78. The fourth-order valence-corrected chi connectivity index (χ4v) is 2.14. The van der Waals surface area contributed by atoms with Crippen LogP contribution in [0.5, 0.6) is 0 Å². The predicted molar refractivity (Wildman–Crippen MR) is 83.4 cm³/mol. The molecule has 0 amide bonds. The van der Waals surface area contributed by atoms with Gasteiger partial charge in [-0.3, -0.25) is 4.79 Å². The summed E-state index contributed by atoms with van der Waals surface area (Å²) in [4.78, 5) is 11.2. The highest BCUT2D eigenvalue weighted by atomic mass is 16.5. The lowest BCUT2D eigenvalue weighted by molar-refractivity contribution is -0.137. The highest BCUT2D eigenvalue weighted by Gasteiger charge is 2.03. The monoisotopic (exact) mass is 274 g/mol. The van der Waals surface area contributed by atoms with Crippen LogP contribution in [0.2, 0.25) is 0 Å². The molecule has 0 atom stereocenters. The SMILES string of the molecule is CCCCCCC/C=C(\Cc1ccccc1)OC(C)=O. The molecule has 1 aromatic rings. The second kappa shape index (κ2) is 10.2. The minimum absolute atomic E-state index is 0.238. The van der Waals surface area contributed by atoms with Crippen LogP contribution in [0.4, 0.5) is 0 Å². The van der Waals surface area contributed by atoms with Crippen molar-refractivity contribution in [1.82, 2.24) is 0 Å².